The van der Waals surface area contributed by atoms with Crippen molar-refractivity contribution < 1.29 is 5.11 Å². The molecular weight excluding hydrogens is 313 g/mol. The lowest BCUT2D eigenvalue weighted by molar-refractivity contribution is 0.452. The van der Waals surface area contributed by atoms with E-state index in [1.807, 2.05) is 26.1 Å². The van der Waals surface area contributed by atoms with E-state index in [9.17, 15) is 5.11 Å². The van der Waals surface area contributed by atoms with E-state index in [1.165, 1.54) is 16.4 Å². The number of hydrogen-bond donors (Lipinski definition) is 1. The van der Waals surface area contributed by atoms with Crippen molar-refractivity contribution in [2.45, 2.75) is 46.2 Å². The van der Waals surface area contributed by atoms with Crippen molar-refractivity contribution in [1.29, 1.82) is 0 Å². The van der Waals surface area contributed by atoms with Crippen LogP contribution >= 0.6 is 8.58 Å². The van der Waals surface area contributed by atoms with Gasteiger partial charge in [0.25, 0.3) is 0 Å². The zero-order valence-corrected chi connectivity index (χ0v) is 16.6. The van der Waals surface area contributed by atoms with E-state index in [-0.39, 0.29) is 5.16 Å². The Bertz CT molecular complexity index is 766. The molecule has 2 aromatic rings. The number of aromatic hydroxyl groups is 1. The first-order chi connectivity index (χ1) is 11.3. The lowest BCUT2D eigenvalue weighted by Gasteiger charge is -2.32. The summed E-state index contributed by atoms with van der Waals surface area (Å²) in [5.41, 5.74) is 5.56. The van der Waals surface area contributed by atoms with E-state index in [2.05, 4.69) is 57.0 Å². The predicted molar refractivity (Wildman–Crippen MR) is 108 cm³/mol. The van der Waals surface area contributed by atoms with E-state index >= 15 is 0 Å². The van der Waals surface area contributed by atoms with Crippen LogP contribution in [0.3, 0.4) is 0 Å². The van der Waals surface area contributed by atoms with Crippen LogP contribution in [0.1, 0.15) is 49.4 Å². The SMILES string of the molecule is CCC(C)(Pc1c(C)cccc1/C(C)=N/C)c1cccc(C)c1O. The second-order valence-corrected chi connectivity index (χ2v) is 8.44. The third kappa shape index (κ3) is 3.54. The fourth-order valence-electron chi connectivity index (χ4n) is 2.98. The topological polar surface area (TPSA) is 32.6 Å². The smallest absolute Gasteiger partial charge is 0.122 e. The van der Waals surface area contributed by atoms with E-state index < -0.39 is 0 Å². The van der Waals surface area contributed by atoms with Gasteiger partial charge in [0.15, 0.2) is 0 Å². The van der Waals surface area contributed by atoms with Gasteiger partial charge in [-0.2, -0.15) is 0 Å². The van der Waals surface area contributed by atoms with Gasteiger partial charge in [0.1, 0.15) is 5.75 Å². The molecule has 2 atom stereocenters. The molecule has 2 rings (SSSR count). The molecule has 3 heteroatoms. The summed E-state index contributed by atoms with van der Waals surface area (Å²) in [4.78, 5) is 4.39. The van der Waals surface area contributed by atoms with Crippen molar-refractivity contribution in [2.24, 2.45) is 4.99 Å². The Morgan fingerprint density at radius 3 is 2.38 bits per heavy atom. The zero-order valence-electron chi connectivity index (χ0n) is 15.6. The van der Waals surface area contributed by atoms with Crippen LogP contribution in [0.25, 0.3) is 0 Å². The molecule has 0 amide bonds. The maximum Gasteiger partial charge on any atom is 0.122 e. The monoisotopic (exact) mass is 341 g/mol. The second kappa shape index (κ2) is 7.49. The van der Waals surface area contributed by atoms with Crippen LogP contribution in [0, 0.1) is 13.8 Å². The first-order valence-electron chi connectivity index (χ1n) is 8.44. The van der Waals surface area contributed by atoms with E-state index in [0.717, 1.165) is 23.3 Å². The average molecular weight is 341 g/mol. The average Bonchev–Trinajstić information content (AvgIpc) is 2.58. The maximum atomic E-state index is 10.6. The Kier molecular flexibility index (Phi) is 5.83. The molecule has 0 heterocycles. The molecule has 0 aliphatic rings. The van der Waals surface area contributed by atoms with E-state index in [4.69, 9.17) is 0 Å². The molecule has 2 nitrogen and oxygen atoms in total. The number of hydrogen-bond acceptors (Lipinski definition) is 2. The van der Waals surface area contributed by atoms with Gasteiger partial charge < -0.3 is 5.11 Å². The maximum absolute atomic E-state index is 10.6. The molecule has 2 aromatic carbocycles. The number of phenols is 1. The summed E-state index contributed by atoms with van der Waals surface area (Å²) >= 11 is 0. The molecule has 1 N–H and O–H groups in total. The fraction of sp³-hybridized carbons (Fsp3) is 0.381. The molecular formula is C21H28NOP. The Morgan fingerprint density at radius 2 is 1.75 bits per heavy atom. The van der Waals surface area contributed by atoms with Crippen molar-refractivity contribution in [1.82, 2.24) is 0 Å². The van der Waals surface area contributed by atoms with Gasteiger partial charge >= 0.3 is 0 Å². The second-order valence-electron chi connectivity index (χ2n) is 6.59. The Hall–Kier alpha value is -1.66. The van der Waals surface area contributed by atoms with Gasteiger partial charge in [-0.15, -0.1) is 0 Å². The first-order valence-corrected chi connectivity index (χ1v) is 9.44. The van der Waals surface area contributed by atoms with Gasteiger partial charge in [-0.25, -0.2) is 0 Å². The standard InChI is InChI=1S/C21H28NOP/c1-7-21(5,18-13-9-10-14(2)19(18)23)24-20-15(3)11-8-12-17(20)16(4)22-6/h8-13,23-24H,7H2,1-6H3/b22-16+. The quantitative estimate of drug-likeness (QED) is 0.597. The van der Waals surface area contributed by atoms with Gasteiger partial charge in [-0.05, 0) is 43.6 Å². The zero-order chi connectivity index (χ0) is 17.9. The Morgan fingerprint density at radius 1 is 1.12 bits per heavy atom. The van der Waals surface area contributed by atoms with Crippen LogP contribution in [0.15, 0.2) is 41.4 Å². The third-order valence-electron chi connectivity index (χ3n) is 4.94. The third-order valence-corrected chi connectivity index (χ3v) is 7.03. The van der Waals surface area contributed by atoms with Crippen LogP contribution in [0.4, 0.5) is 0 Å². The predicted octanol–water partition coefficient (Wildman–Crippen LogP) is 5.08. The van der Waals surface area contributed by atoms with Crippen molar-refractivity contribution in [3.05, 3.63) is 58.7 Å². The van der Waals surface area contributed by atoms with Gasteiger partial charge in [-0.3, -0.25) is 4.99 Å². The summed E-state index contributed by atoms with van der Waals surface area (Å²) < 4.78 is 0. The fourth-order valence-corrected chi connectivity index (χ4v) is 4.73. The summed E-state index contributed by atoms with van der Waals surface area (Å²) in [6.07, 6.45) is 0.971. The minimum Gasteiger partial charge on any atom is -0.507 e. The molecule has 0 fully saturated rings. The molecule has 128 valence electrons. The lowest BCUT2D eigenvalue weighted by atomic mass is 9.94. The molecule has 0 radical (unpaired) electrons. The first kappa shape index (κ1) is 18.7. The number of phenolic OH excluding ortho intramolecular Hbond substituents is 1. The van der Waals surface area contributed by atoms with Crippen molar-refractivity contribution >= 4 is 19.6 Å². The van der Waals surface area contributed by atoms with Crippen LogP contribution in [0.2, 0.25) is 0 Å². The minimum atomic E-state index is -0.0923. The van der Waals surface area contributed by atoms with Gasteiger partial charge in [0, 0.05) is 29.0 Å². The highest BCUT2D eigenvalue weighted by Gasteiger charge is 2.30. The molecule has 2 unspecified atom stereocenters. The molecule has 0 bridgehead atoms. The van der Waals surface area contributed by atoms with Crippen LogP contribution < -0.4 is 5.30 Å². The molecule has 0 saturated heterocycles. The Labute approximate surface area is 147 Å². The molecule has 0 spiro atoms. The van der Waals surface area contributed by atoms with Gasteiger partial charge in [0.2, 0.25) is 0 Å². The van der Waals surface area contributed by atoms with Gasteiger partial charge in [0.05, 0.1) is 0 Å². The number of aliphatic imine (C=N–C) groups is 1. The van der Waals surface area contributed by atoms with Crippen LogP contribution in [0.5, 0.6) is 5.75 Å². The lowest BCUT2D eigenvalue weighted by Crippen LogP contribution is -2.23. The molecule has 0 saturated carbocycles. The largest absolute Gasteiger partial charge is 0.507 e. The van der Waals surface area contributed by atoms with E-state index in [0.29, 0.717) is 14.3 Å². The van der Waals surface area contributed by atoms with Crippen molar-refractivity contribution in [3.8, 4) is 5.75 Å². The highest BCUT2D eigenvalue weighted by Crippen LogP contribution is 2.48. The highest BCUT2D eigenvalue weighted by molar-refractivity contribution is 7.49. The number of benzene rings is 2. The van der Waals surface area contributed by atoms with Gasteiger partial charge in [-0.1, -0.05) is 58.8 Å². The number of rotatable bonds is 5. The summed E-state index contributed by atoms with van der Waals surface area (Å²) in [6, 6.07) is 12.5. The van der Waals surface area contributed by atoms with Crippen molar-refractivity contribution in [2.75, 3.05) is 7.05 Å². The minimum absolute atomic E-state index is 0.0923. The normalized spacial score (nSPS) is 15.0. The highest BCUT2D eigenvalue weighted by atomic mass is 31.1. The molecule has 0 aliphatic heterocycles. The Balaban J connectivity index is 2.57. The summed E-state index contributed by atoms with van der Waals surface area (Å²) in [5, 5.41) is 11.9. The van der Waals surface area contributed by atoms with Crippen LogP contribution in [-0.2, 0) is 5.16 Å². The molecule has 0 aromatic heterocycles. The number of para-hydroxylation sites is 1. The summed E-state index contributed by atoms with van der Waals surface area (Å²) in [7, 11) is 2.41. The number of aryl methyl sites for hydroxylation is 2. The number of nitrogens with zero attached hydrogens (tertiary/aromatic N) is 1. The molecule has 24 heavy (non-hydrogen) atoms. The van der Waals surface area contributed by atoms with E-state index in [1.54, 1.807) is 0 Å². The summed E-state index contributed by atoms with van der Waals surface area (Å²) in [6.45, 7) is 10.7. The molecule has 0 aliphatic carbocycles. The van der Waals surface area contributed by atoms with Crippen molar-refractivity contribution in [3.63, 3.8) is 0 Å². The van der Waals surface area contributed by atoms with Crippen LogP contribution in [-0.4, -0.2) is 17.9 Å². The summed E-state index contributed by atoms with van der Waals surface area (Å²) in [5.74, 6) is 0.436.